The smallest absolute Gasteiger partial charge is 0.128 e. The molecule has 1 atom stereocenters. The maximum Gasteiger partial charge on any atom is 0.128 e. The van der Waals surface area contributed by atoms with Crippen molar-refractivity contribution in [1.82, 2.24) is 14.5 Å². The molecule has 0 unspecified atom stereocenters. The molecule has 5 nitrogen and oxygen atoms in total. The van der Waals surface area contributed by atoms with Crippen molar-refractivity contribution in [2.24, 2.45) is 5.92 Å². The van der Waals surface area contributed by atoms with Crippen LogP contribution in [0.1, 0.15) is 43.0 Å². The van der Waals surface area contributed by atoms with Gasteiger partial charge in [0.25, 0.3) is 0 Å². The molecule has 0 aromatic carbocycles. The summed E-state index contributed by atoms with van der Waals surface area (Å²) in [5.41, 5.74) is 0.923. The molecule has 2 aliphatic rings. The van der Waals surface area contributed by atoms with Gasteiger partial charge >= 0.3 is 0 Å². The fraction of sp³-hybridized carbons (Fsp3) is 0.556. The standard InChI is InChI=1S/C18H24N4O/c23-13-15-5-6-19-17(10-15)21-8-1-2-16(12-21)18-20-7-9-22(18)11-14-3-4-14/h5-7,9-10,14,16,23H,1-4,8,11-13H2/t16-/m1/s1. The van der Waals surface area contributed by atoms with Gasteiger partial charge < -0.3 is 14.6 Å². The summed E-state index contributed by atoms with van der Waals surface area (Å²) in [6, 6.07) is 3.87. The molecule has 1 saturated heterocycles. The second-order valence-electron chi connectivity index (χ2n) is 6.85. The second-order valence-corrected chi connectivity index (χ2v) is 6.85. The molecule has 4 rings (SSSR count). The topological polar surface area (TPSA) is 54.2 Å². The zero-order valence-corrected chi connectivity index (χ0v) is 13.4. The van der Waals surface area contributed by atoms with E-state index < -0.39 is 0 Å². The van der Waals surface area contributed by atoms with E-state index in [1.165, 1.54) is 25.1 Å². The molecule has 0 amide bonds. The maximum absolute atomic E-state index is 9.33. The summed E-state index contributed by atoms with van der Waals surface area (Å²) in [5.74, 6) is 3.55. The van der Waals surface area contributed by atoms with Crippen LogP contribution in [0.3, 0.4) is 0 Å². The average Bonchev–Trinajstić information content (AvgIpc) is 3.30. The third-order valence-electron chi connectivity index (χ3n) is 5.00. The van der Waals surface area contributed by atoms with Gasteiger partial charge in [0.05, 0.1) is 6.61 Å². The van der Waals surface area contributed by atoms with E-state index in [1.807, 2.05) is 18.3 Å². The predicted octanol–water partition coefficient (Wildman–Crippen LogP) is 2.56. The number of aromatic nitrogens is 3. The summed E-state index contributed by atoms with van der Waals surface area (Å²) in [5, 5.41) is 9.33. The van der Waals surface area contributed by atoms with Gasteiger partial charge in [0.2, 0.25) is 0 Å². The van der Waals surface area contributed by atoms with Gasteiger partial charge in [-0.1, -0.05) is 0 Å². The van der Waals surface area contributed by atoms with Crippen LogP contribution in [0.5, 0.6) is 0 Å². The average molecular weight is 312 g/mol. The Bertz CT molecular complexity index is 665. The zero-order valence-electron chi connectivity index (χ0n) is 13.4. The van der Waals surface area contributed by atoms with Crippen LogP contribution in [0.15, 0.2) is 30.7 Å². The van der Waals surface area contributed by atoms with Crippen LogP contribution in [0, 0.1) is 5.92 Å². The Hall–Kier alpha value is -1.88. The van der Waals surface area contributed by atoms with E-state index in [9.17, 15) is 5.11 Å². The number of aliphatic hydroxyl groups excluding tert-OH is 1. The van der Waals surface area contributed by atoms with Crippen molar-refractivity contribution in [1.29, 1.82) is 0 Å². The number of hydrogen-bond acceptors (Lipinski definition) is 4. The molecular weight excluding hydrogens is 288 g/mol. The Labute approximate surface area is 137 Å². The lowest BCUT2D eigenvalue weighted by atomic mass is 9.97. The van der Waals surface area contributed by atoms with E-state index in [0.29, 0.717) is 5.92 Å². The van der Waals surface area contributed by atoms with E-state index in [0.717, 1.165) is 43.4 Å². The highest BCUT2D eigenvalue weighted by Gasteiger charge is 2.28. The molecule has 1 aliphatic heterocycles. The van der Waals surface area contributed by atoms with Gasteiger partial charge in [-0.05, 0) is 49.3 Å². The summed E-state index contributed by atoms with van der Waals surface area (Å²) in [4.78, 5) is 11.5. The SMILES string of the molecule is OCc1ccnc(N2CCC[C@@H](c3nccn3CC3CC3)C2)c1. The summed E-state index contributed by atoms with van der Waals surface area (Å²) in [6.07, 6.45) is 11.0. The number of imidazole rings is 1. The third kappa shape index (κ3) is 3.24. The first kappa shape index (κ1) is 14.7. The van der Waals surface area contributed by atoms with Gasteiger partial charge in [0.15, 0.2) is 0 Å². The predicted molar refractivity (Wildman–Crippen MR) is 89.3 cm³/mol. The molecule has 0 spiro atoms. The molecule has 0 radical (unpaired) electrons. The number of nitrogens with zero attached hydrogens (tertiary/aromatic N) is 4. The molecule has 1 N–H and O–H groups in total. The molecule has 122 valence electrons. The lowest BCUT2D eigenvalue weighted by molar-refractivity contribution is 0.281. The molecule has 1 aliphatic carbocycles. The number of pyridine rings is 1. The summed E-state index contributed by atoms with van der Waals surface area (Å²) < 4.78 is 2.36. The molecule has 0 bridgehead atoms. The molecule has 2 fully saturated rings. The summed E-state index contributed by atoms with van der Waals surface area (Å²) >= 11 is 0. The van der Waals surface area contributed by atoms with Crippen LogP contribution in [-0.2, 0) is 13.2 Å². The van der Waals surface area contributed by atoms with E-state index >= 15 is 0 Å². The lowest BCUT2D eigenvalue weighted by Gasteiger charge is -2.33. The third-order valence-corrected chi connectivity index (χ3v) is 5.00. The van der Waals surface area contributed by atoms with E-state index in [1.54, 1.807) is 6.20 Å². The maximum atomic E-state index is 9.33. The van der Waals surface area contributed by atoms with Gasteiger partial charge in [0, 0.05) is 44.1 Å². The van der Waals surface area contributed by atoms with Crippen molar-refractivity contribution in [3.8, 4) is 0 Å². The second kappa shape index (κ2) is 6.32. The molecule has 1 saturated carbocycles. The zero-order chi connectivity index (χ0) is 15.6. The van der Waals surface area contributed by atoms with Crippen LogP contribution < -0.4 is 4.90 Å². The number of aliphatic hydroxyl groups is 1. The summed E-state index contributed by atoms with van der Waals surface area (Å²) in [7, 11) is 0. The lowest BCUT2D eigenvalue weighted by Crippen LogP contribution is -2.36. The van der Waals surface area contributed by atoms with Gasteiger partial charge in [0.1, 0.15) is 11.6 Å². The van der Waals surface area contributed by atoms with Crippen LogP contribution in [-0.4, -0.2) is 32.7 Å². The van der Waals surface area contributed by atoms with Crippen LogP contribution in [0.4, 0.5) is 5.82 Å². The quantitative estimate of drug-likeness (QED) is 0.922. The molecule has 23 heavy (non-hydrogen) atoms. The number of anilines is 1. The van der Waals surface area contributed by atoms with Crippen molar-refractivity contribution in [2.45, 2.75) is 44.8 Å². The fourth-order valence-electron chi connectivity index (χ4n) is 3.54. The first-order chi connectivity index (χ1) is 11.3. The van der Waals surface area contributed by atoms with Gasteiger partial charge in [-0.15, -0.1) is 0 Å². The minimum Gasteiger partial charge on any atom is -0.392 e. The van der Waals surface area contributed by atoms with Crippen LogP contribution >= 0.6 is 0 Å². The van der Waals surface area contributed by atoms with Crippen molar-refractivity contribution in [3.63, 3.8) is 0 Å². The Kier molecular flexibility index (Phi) is 4.04. The Morgan fingerprint density at radius 3 is 2.91 bits per heavy atom. The number of rotatable bonds is 5. The van der Waals surface area contributed by atoms with Crippen molar-refractivity contribution >= 4 is 5.82 Å². The highest BCUT2D eigenvalue weighted by atomic mass is 16.3. The minimum absolute atomic E-state index is 0.0680. The monoisotopic (exact) mass is 312 g/mol. The van der Waals surface area contributed by atoms with E-state index in [2.05, 4.69) is 25.6 Å². The Balaban J connectivity index is 1.51. The van der Waals surface area contributed by atoms with Gasteiger partial charge in [-0.2, -0.15) is 0 Å². The highest BCUT2D eigenvalue weighted by Crippen LogP contribution is 2.33. The Morgan fingerprint density at radius 1 is 1.17 bits per heavy atom. The number of piperidine rings is 1. The molecular formula is C18H24N4O. The van der Waals surface area contributed by atoms with Crippen LogP contribution in [0.2, 0.25) is 0 Å². The molecule has 5 heteroatoms. The van der Waals surface area contributed by atoms with Crippen molar-refractivity contribution in [2.75, 3.05) is 18.0 Å². The summed E-state index contributed by atoms with van der Waals surface area (Å²) in [6.45, 7) is 3.19. The molecule has 2 aromatic heterocycles. The first-order valence-corrected chi connectivity index (χ1v) is 8.65. The molecule has 3 heterocycles. The molecule has 2 aromatic rings. The fourth-order valence-corrected chi connectivity index (χ4v) is 3.54. The normalized spacial score (nSPS) is 21.6. The van der Waals surface area contributed by atoms with E-state index in [4.69, 9.17) is 0 Å². The van der Waals surface area contributed by atoms with E-state index in [-0.39, 0.29) is 6.61 Å². The van der Waals surface area contributed by atoms with Crippen molar-refractivity contribution in [3.05, 3.63) is 42.1 Å². The van der Waals surface area contributed by atoms with Crippen LogP contribution in [0.25, 0.3) is 0 Å². The highest BCUT2D eigenvalue weighted by molar-refractivity contribution is 5.42. The van der Waals surface area contributed by atoms with Crippen molar-refractivity contribution < 1.29 is 5.11 Å². The minimum atomic E-state index is 0.0680. The largest absolute Gasteiger partial charge is 0.392 e. The van der Waals surface area contributed by atoms with Gasteiger partial charge in [-0.25, -0.2) is 9.97 Å². The van der Waals surface area contributed by atoms with Gasteiger partial charge in [-0.3, -0.25) is 0 Å². The Morgan fingerprint density at radius 2 is 2.09 bits per heavy atom. The number of hydrogen-bond donors (Lipinski definition) is 1. The first-order valence-electron chi connectivity index (χ1n) is 8.65.